The molecular weight excluding hydrogens is 276 g/mol. The molecule has 0 saturated carbocycles. The van der Waals surface area contributed by atoms with E-state index in [1.165, 1.54) is 5.56 Å². The van der Waals surface area contributed by atoms with Crippen molar-refractivity contribution < 1.29 is 9.53 Å². The summed E-state index contributed by atoms with van der Waals surface area (Å²) in [6.45, 7) is 4.05. The van der Waals surface area contributed by atoms with E-state index in [0.29, 0.717) is 19.6 Å². The molecule has 4 nitrogen and oxygen atoms in total. The van der Waals surface area contributed by atoms with Crippen molar-refractivity contribution in [2.75, 3.05) is 33.8 Å². The fourth-order valence-corrected chi connectivity index (χ4v) is 1.74. The van der Waals surface area contributed by atoms with Crippen molar-refractivity contribution in [2.45, 2.75) is 19.8 Å². The van der Waals surface area contributed by atoms with Crippen LogP contribution < -0.4 is 10.1 Å². The predicted octanol–water partition coefficient (Wildman–Crippen LogP) is 2.25. The highest BCUT2D eigenvalue weighted by molar-refractivity contribution is 5.85. The normalized spacial score (nSPS) is 9.75. The molecule has 0 radical (unpaired) electrons. The van der Waals surface area contributed by atoms with Crippen LogP contribution in [-0.2, 0) is 4.79 Å². The average Bonchev–Trinajstić information content (AvgIpc) is 2.39. The summed E-state index contributed by atoms with van der Waals surface area (Å²) in [6.07, 6.45) is 1.46. The number of carbonyl (C=O) groups is 1. The summed E-state index contributed by atoms with van der Waals surface area (Å²) in [5, 5.41) is 3.04. The third-order valence-corrected chi connectivity index (χ3v) is 2.93. The second kappa shape index (κ2) is 10.5. The van der Waals surface area contributed by atoms with Crippen LogP contribution in [0.1, 0.15) is 18.4 Å². The summed E-state index contributed by atoms with van der Waals surface area (Å²) in [6, 6.07) is 7.93. The molecule has 0 spiro atoms. The molecule has 0 saturated heterocycles. The van der Waals surface area contributed by atoms with E-state index < -0.39 is 0 Å². The van der Waals surface area contributed by atoms with E-state index >= 15 is 0 Å². The lowest BCUT2D eigenvalue weighted by Gasteiger charge is -2.17. The fraction of sp³-hybridized carbons (Fsp3) is 0.533. The van der Waals surface area contributed by atoms with Crippen LogP contribution in [0.2, 0.25) is 0 Å². The first kappa shape index (κ1) is 18.7. The second-order valence-electron chi connectivity index (χ2n) is 4.69. The first-order chi connectivity index (χ1) is 9.13. The zero-order chi connectivity index (χ0) is 14.1. The van der Waals surface area contributed by atoms with E-state index in [2.05, 4.69) is 5.32 Å². The molecule has 1 aromatic rings. The Hall–Kier alpha value is -1.26. The number of hydrogen-bond acceptors (Lipinski definition) is 3. The summed E-state index contributed by atoms with van der Waals surface area (Å²) in [4.78, 5) is 13.5. The number of benzene rings is 1. The number of carbonyl (C=O) groups excluding carboxylic acids is 1. The van der Waals surface area contributed by atoms with Crippen LogP contribution in [0.3, 0.4) is 0 Å². The minimum absolute atomic E-state index is 0. The van der Waals surface area contributed by atoms with Crippen molar-refractivity contribution in [3.05, 3.63) is 29.8 Å². The zero-order valence-electron chi connectivity index (χ0n) is 12.5. The molecule has 0 fully saturated rings. The second-order valence-corrected chi connectivity index (χ2v) is 4.69. The summed E-state index contributed by atoms with van der Waals surface area (Å²) >= 11 is 0. The Labute approximate surface area is 127 Å². The molecule has 0 atom stereocenters. The van der Waals surface area contributed by atoms with E-state index in [4.69, 9.17) is 4.74 Å². The van der Waals surface area contributed by atoms with Crippen molar-refractivity contribution in [3.8, 4) is 5.75 Å². The summed E-state index contributed by atoms with van der Waals surface area (Å²) < 4.78 is 5.63. The number of ether oxygens (including phenoxy) is 1. The summed E-state index contributed by atoms with van der Waals surface area (Å²) in [5.74, 6) is 1.03. The molecule has 0 heterocycles. The van der Waals surface area contributed by atoms with Crippen LogP contribution in [0, 0.1) is 6.92 Å². The number of nitrogens with zero attached hydrogens (tertiary/aromatic N) is 1. The van der Waals surface area contributed by atoms with Gasteiger partial charge in [0, 0.05) is 13.5 Å². The van der Waals surface area contributed by atoms with Gasteiger partial charge in [0.2, 0.25) is 5.91 Å². The standard InChI is InChI=1S/C15H24N2O2.ClH/c1-13-6-4-7-14(12-13)19-11-10-17(3)15(18)8-5-9-16-2;/h4,6-7,12,16H,5,8-11H2,1-3H3;1H. The van der Waals surface area contributed by atoms with Gasteiger partial charge in [-0.2, -0.15) is 0 Å². The molecule has 0 aliphatic heterocycles. The first-order valence-corrected chi connectivity index (χ1v) is 6.71. The minimum Gasteiger partial charge on any atom is -0.492 e. The monoisotopic (exact) mass is 300 g/mol. The number of hydrogen-bond donors (Lipinski definition) is 1. The molecule has 5 heteroatoms. The number of halogens is 1. The van der Waals surface area contributed by atoms with Gasteiger partial charge < -0.3 is 15.0 Å². The summed E-state index contributed by atoms with van der Waals surface area (Å²) in [5.41, 5.74) is 1.17. The quantitative estimate of drug-likeness (QED) is 0.749. The molecule has 114 valence electrons. The Bertz CT molecular complexity index is 399. The van der Waals surface area contributed by atoms with Crippen LogP contribution in [-0.4, -0.2) is 44.6 Å². The molecule has 1 amide bonds. The van der Waals surface area contributed by atoms with Crippen molar-refractivity contribution >= 4 is 18.3 Å². The van der Waals surface area contributed by atoms with Gasteiger partial charge in [-0.1, -0.05) is 12.1 Å². The third kappa shape index (κ3) is 7.36. The van der Waals surface area contributed by atoms with E-state index in [9.17, 15) is 4.79 Å². The highest BCUT2D eigenvalue weighted by Crippen LogP contribution is 2.12. The van der Waals surface area contributed by atoms with Crippen LogP contribution >= 0.6 is 12.4 Å². The lowest BCUT2D eigenvalue weighted by atomic mass is 10.2. The Balaban J connectivity index is 0.00000361. The maximum absolute atomic E-state index is 11.8. The Morgan fingerprint density at radius 2 is 2.15 bits per heavy atom. The molecule has 20 heavy (non-hydrogen) atoms. The molecule has 0 aliphatic carbocycles. The van der Waals surface area contributed by atoms with Gasteiger partial charge in [-0.25, -0.2) is 0 Å². The molecule has 0 aromatic heterocycles. The minimum atomic E-state index is 0. The lowest BCUT2D eigenvalue weighted by molar-refractivity contribution is -0.130. The fourth-order valence-electron chi connectivity index (χ4n) is 1.74. The Morgan fingerprint density at radius 1 is 1.40 bits per heavy atom. The Morgan fingerprint density at radius 3 is 2.80 bits per heavy atom. The lowest BCUT2D eigenvalue weighted by Crippen LogP contribution is -2.31. The highest BCUT2D eigenvalue weighted by atomic mass is 35.5. The molecule has 1 N–H and O–H groups in total. The SMILES string of the molecule is CNCCCC(=O)N(C)CCOc1cccc(C)c1.Cl. The van der Waals surface area contributed by atoms with Gasteiger partial charge >= 0.3 is 0 Å². The molecular formula is C15H25ClN2O2. The first-order valence-electron chi connectivity index (χ1n) is 6.71. The van der Waals surface area contributed by atoms with Gasteiger partial charge in [-0.3, -0.25) is 4.79 Å². The molecule has 1 aromatic carbocycles. The number of rotatable bonds is 8. The molecule has 0 unspecified atom stereocenters. The van der Waals surface area contributed by atoms with Gasteiger partial charge in [-0.05, 0) is 44.6 Å². The van der Waals surface area contributed by atoms with Crippen LogP contribution in [0.25, 0.3) is 0 Å². The third-order valence-electron chi connectivity index (χ3n) is 2.93. The van der Waals surface area contributed by atoms with Crippen molar-refractivity contribution in [1.29, 1.82) is 0 Å². The van der Waals surface area contributed by atoms with Gasteiger partial charge in [0.1, 0.15) is 12.4 Å². The van der Waals surface area contributed by atoms with Gasteiger partial charge in [-0.15, -0.1) is 12.4 Å². The molecule has 1 rings (SSSR count). The number of amides is 1. The van der Waals surface area contributed by atoms with Crippen LogP contribution in [0.15, 0.2) is 24.3 Å². The number of aryl methyl sites for hydroxylation is 1. The smallest absolute Gasteiger partial charge is 0.222 e. The average molecular weight is 301 g/mol. The Kier molecular flexibility index (Phi) is 9.86. The van der Waals surface area contributed by atoms with Gasteiger partial charge in [0.15, 0.2) is 0 Å². The highest BCUT2D eigenvalue weighted by Gasteiger charge is 2.07. The van der Waals surface area contributed by atoms with Crippen molar-refractivity contribution in [2.24, 2.45) is 0 Å². The largest absolute Gasteiger partial charge is 0.492 e. The molecule has 0 bridgehead atoms. The van der Waals surface area contributed by atoms with E-state index in [0.717, 1.165) is 18.7 Å². The number of likely N-dealkylation sites (N-methyl/N-ethyl adjacent to an activating group) is 1. The predicted molar refractivity (Wildman–Crippen MR) is 84.7 cm³/mol. The van der Waals surface area contributed by atoms with Crippen molar-refractivity contribution in [1.82, 2.24) is 10.2 Å². The van der Waals surface area contributed by atoms with E-state index in [1.807, 2.05) is 45.3 Å². The topological polar surface area (TPSA) is 41.6 Å². The molecule has 0 aliphatic rings. The van der Waals surface area contributed by atoms with Crippen molar-refractivity contribution in [3.63, 3.8) is 0 Å². The number of nitrogens with one attached hydrogen (secondary N) is 1. The van der Waals surface area contributed by atoms with E-state index in [1.54, 1.807) is 4.90 Å². The van der Waals surface area contributed by atoms with Gasteiger partial charge in [0.05, 0.1) is 6.54 Å². The summed E-state index contributed by atoms with van der Waals surface area (Å²) in [7, 11) is 3.71. The zero-order valence-corrected chi connectivity index (χ0v) is 13.3. The maximum Gasteiger partial charge on any atom is 0.222 e. The van der Waals surface area contributed by atoms with Gasteiger partial charge in [0.25, 0.3) is 0 Å². The van der Waals surface area contributed by atoms with E-state index in [-0.39, 0.29) is 18.3 Å². The van der Waals surface area contributed by atoms with Crippen LogP contribution in [0.4, 0.5) is 0 Å². The maximum atomic E-state index is 11.8. The van der Waals surface area contributed by atoms with Crippen LogP contribution in [0.5, 0.6) is 5.75 Å².